The molecule has 0 aliphatic heterocycles. The van der Waals surface area contributed by atoms with E-state index in [4.69, 9.17) is 16.3 Å². The van der Waals surface area contributed by atoms with Crippen molar-refractivity contribution in [2.24, 2.45) is 0 Å². The minimum atomic E-state index is -4.71. The largest absolute Gasteiger partial charge is 0.452 e. The fourth-order valence-electron chi connectivity index (χ4n) is 2.91. The standard InChI is InChI=1S/C21H17ClF3N3O3/c1-12-10-13(2)28(27-12)15-8-6-14(7-9-15)20(30)31-11-18(29)26-19-16(21(23,24)25)4-3-5-17(19)22/h3-10H,11H2,1-2H3,(H,26,29). The maximum atomic E-state index is 13.1. The number of aromatic nitrogens is 2. The molecule has 0 aliphatic rings. The maximum absolute atomic E-state index is 13.1. The number of ether oxygens (including phenoxy) is 1. The van der Waals surface area contributed by atoms with Crippen molar-refractivity contribution in [3.05, 3.63) is 76.1 Å². The van der Waals surface area contributed by atoms with Crippen molar-refractivity contribution in [1.29, 1.82) is 0 Å². The molecule has 0 saturated carbocycles. The zero-order valence-electron chi connectivity index (χ0n) is 16.5. The van der Waals surface area contributed by atoms with Gasteiger partial charge in [-0.05, 0) is 56.3 Å². The molecule has 0 aliphatic carbocycles. The smallest absolute Gasteiger partial charge is 0.418 e. The lowest BCUT2D eigenvalue weighted by Crippen LogP contribution is -2.23. The first-order chi connectivity index (χ1) is 14.6. The Morgan fingerprint density at radius 1 is 1.13 bits per heavy atom. The van der Waals surface area contributed by atoms with Crippen molar-refractivity contribution in [2.45, 2.75) is 20.0 Å². The monoisotopic (exact) mass is 451 g/mol. The number of halogens is 4. The van der Waals surface area contributed by atoms with Crippen LogP contribution in [0, 0.1) is 13.8 Å². The molecule has 10 heteroatoms. The average Bonchev–Trinajstić information content (AvgIpc) is 3.05. The minimum absolute atomic E-state index is 0.173. The van der Waals surface area contributed by atoms with E-state index in [2.05, 4.69) is 10.4 Å². The van der Waals surface area contributed by atoms with Gasteiger partial charge >= 0.3 is 12.1 Å². The summed E-state index contributed by atoms with van der Waals surface area (Å²) in [4.78, 5) is 24.2. The Labute approximate surface area is 180 Å². The zero-order valence-corrected chi connectivity index (χ0v) is 17.2. The highest BCUT2D eigenvalue weighted by molar-refractivity contribution is 6.34. The summed E-state index contributed by atoms with van der Waals surface area (Å²) in [5.74, 6) is -1.75. The number of amides is 1. The highest BCUT2D eigenvalue weighted by Crippen LogP contribution is 2.38. The SMILES string of the molecule is Cc1cc(C)n(-c2ccc(C(=O)OCC(=O)Nc3c(Cl)cccc3C(F)(F)F)cc2)n1. The van der Waals surface area contributed by atoms with Gasteiger partial charge in [-0.2, -0.15) is 18.3 Å². The number of esters is 1. The lowest BCUT2D eigenvalue weighted by atomic mass is 10.1. The molecular formula is C21H17ClF3N3O3. The summed E-state index contributed by atoms with van der Waals surface area (Å²) in [6, 6.07) is 11.4. The number of anilines is 1. The molecule has 0 bridgehead atoms. The Hall–Kier alpha value is -3.33. The number of nitrogens with zero attached hydrogens (tertiary/aromatic N) is 2. The summed E-state index contributed by atoms with van der Waals surface area (Å²) in [5.41, 5.74) is 0.984. The molecule has 1 heterocycles. The van der Waals surface area contributed by atoms with Crippen molar-refractivity contribution < 1.29 is 27.5 Å². The summed E-state index contributed by atoms with van der Waals surface area (Å²) in [6.07, 6.45) is -4.71. The number of carbonyl (C=O) groups excluding carboxylic acids is 2. The molecule has 31 heavy (non-hydrogen) atoms. The van der Waals surface area contributed by atoms with Crippen LogP contribution in [-0.4, -0.2) is 28.3 Å². The van der Waals surface area contributed by atoms with Crippen LogP contribution in [0.15, 0.2) is 48.5 Å². The quantitative estimate of drug-likeness (QED) is 0.557. The van der Waals surface area contributed by atoms with E-state index < -0.39 is 35.9 Å². The lowest BCUT2D eigenvalue weighted by Gasteiger charge is -2.15. The van der Waals surface area contributed by atoms with Crippen molar-refractivity contribution in [2.75, 3.05) is 11.9 Å². The molecule has 0 spiro atoms. The number of rotatable bonds is 5. The van der Waals surface area contributed by atoms with Crippen LogP contribution in [0.2, 0.25) is 5.02 Å². The molecule has 1 aromatic heterocycles. The third-order valence-electron chi connectivity index (χ3n) is 4.27. The van der Waals surface area contributed by atoms with E-state index in [1.807, 2.05) is 19.9 Å². The zero-order chi connectivity index (χ0) is 22.8. The molecule has 3 aromatic rings. The number of para-hydroxylation sites is 1. The second-order valence-corrected chi connectivity index (χ2v) is 7.08. The van der Waals surface area contributed by atoms with Crippen molar-refractivity contribution in [3.63, 3.8) is 0 Å². The molecule has 0 fully saturated rings. The van der Waals surface area contributed by atoms with Crippen LogP contribution in [0.1, 0.15) is 27.3 Å². The summed E-state index contributed by atoms with van der Waals surface area (Å²) in [6.45, 7) is 2.98. The van der Waals surface area contributed by atoms with Gasteiger partial charge in [0.2, 0.25) is 0 Å². The second-order valence-electron chi connectivity index (χ2n) is 6.67. The Bertz CT molecular complexity index is 1130. The topological polar surface area (TPSA) is 73.2 Å². The van der Waals surface area contributed by atoms with Gasteiger partial charge in [-0.1, -0.05) is 17.7 Å². The molecule has 0 saturated heterocycles. The number of hydrogen-bond donors (Lipinski definition) is 1. The Balaban J connectivity index is 1.64. The lowest BCUT2D eigenvalue weighted by molar-refractivity contribution is -0.137. The molecule has 3 rings (SSSR count). The fraction of sp³-hybridized carbons (Fsp3) is 0.190. The first-order valence-electron chi connectivity index (χ1n) is 9.02. The maximum Gasteiger partial charge on any atom is 0.418 e. The third kappa shape index (κ3) is 5.24. The fourth-order valence-corrected chi connectivity index (χ4v) is 3.13. The first kappa shape index (κ1) is 22.4. The van der Waals surface area contributed by atoms with Crippen molar-refractivity contribution in [1.82, 2.24) is 9.78 Å². The van der Waals surface area contributed by atoms with Gasteiger partial charge in [0.05, 0.1) is 33.2 Å². The summed E-state index contributed by atoms with van der Waals surface area (Å²) >= 11 is 5.79. The van der Waals surface area contributed by atoms with E-state index in [1.165, 1.54) is 18.2 Å². The Morgan fingerprint density at radius 2 is 1.81 bits per heavy atom. The third-order valence-corrected chi connectivity index (χ3v) is 4.59. The van der Waals surface area contributed by atoms with E-state index >= 15 is 0 Å². The van der Waals surface area contributed by atoms with Crippen LogP contribution >= 0.6 is 11.6 Å². The van der Waals surface area contributed by atoms with Crippen LogP contribution in [0.5, 0.6) is 0 Å². The van der Waals surface area contributed by atoms with Gasteiger partial charge in [0.25, 0.3) is 5.91 Å². The predicted molar refractivity (Wildman–Crippen MR) is 108 cm³/mol. The van der Waals surface area contributed by atoms with Gasteiger partial charge in [0.15, 0.2) is 6.61 Å². The second kappa shape index (κ2) is 8.81. The highest BCUT2D eigenvalue weighted by Gasteiger charge is 2.34. The summed E-state index contributed by atoms with van der Waals surface area (Å²) < 4.78 is 45.9. The molecule has 162 valence electrons. The number of alkyl halides is 3. The van der Waals surface area contributed by atoms with E-state index in [0.29, 0.717) is 0 Å². The Morgan fingerprint density at radius 3 is 2.39 bits per heavy atom. The average molecular weight is 452 g/mol. The number of carbonyl (C=O) groups is 2. The highest BCUT2D eigenvalue weighted by atomic mass is 35.5. The van der Waals surface area contributed by atoms with E-state index in [0.717, 1.165) is 29.2 Å². The van der Waals surface area contributed by atoms with Crippen molar-refractivity contribution in [3.8, 4) is 5.69 Å². The molecule has 0 radical (unpaired) electrons. The van der Waals surface area contributed by atoms with Gasteiger partial charge in [0.1, 0.15) is 0 Å². The number of hydrogen-bond acceptors (Lipinski definition) is 4. The van der Waals surface area contributed by atoms with Crippen LogP contribution < -0.4 is 5.32 Å². The number of aryl methyl sites for hydroxylation is 2. The Kier molecular flexibility index (Phi) is 6.35. The first-order valence-corrected chi connectivity index (χ1v) is 9.40. The van der Waals surface area contributed by atoms with Crippen LogP contribution in [0.25, 0.3) is 5.69 Å². The predicted octanol–water partition coefficient (Wildman–Crippen LogP) is 4.96. The summed E-state index contributed by atoms with van der Waals surface area (Å²) in [7, 11) is 0. The van der Waals surface area contributed by atoms with Gasteiger partial charge in [-0.25, -0.2) is 9.48 Å². The van der Waals surface area contributed by atoms with E-state index in [9.17, 15) is 22.8 Å². The van der Waals surface area contributed by atoms with E-state index in [1.54, 1.807) is 16.8 Å². The number of nitrogens with one attached hydrogen (secondary N) is 1. The van der Waals surface area contributed by atoms with Gasteiger partial charge in [-0.3, -0.25) is 4.79 Å². The van der Waals surface area contributed by atoms with Crippen LogP contribution in [0.3, 0.4) is 0 Å². The molecule has 6 nitrogen and oxygen atoms in total. The van der Waals surface area contributed by atoms with Gasteiger partial charge in [0, 0.05) is 5.69 Å². The van der Waals surface area contributed by atoms with Crippen LogP contribution in [-0.2, 0) is 15.7 Å². The molecule has 0 atom stereocenters. The minimum Gasteiger partial charge on any atom is -0.452 e. The van der Waals surface area contributed by atoms with Crippen molar-refractivity contribution >= 4 is 29.2 Å². The van der Waals surface area contributed by atoms with Gasteiger partial charge < -0.3 is 10.1 Å². The molecule has 2 aromatic carbocycles. The van der Waals surface area contributed by atoms with Gasteiger partial charge in [-0.15, -0.1) is 0 Å². The normalized spacial score (nSPS) is 11.3. The van der Waals surface area contributed by atoms with E-state index in [-0.39, 0.29) is 10.6 Å². The number of benzene rings is 2. The van der Waals surface area contributed by atoms with Crippen LogP contribution in [0.4, 0.5) is 18.9 Å². The summed E-state index contributed by atoms with van der Waals surface area (Å²) in [5, 5.41) is 6.11. The molecular weight excluding hydrogens is 435 g/mol. The molecule has 1 N–H and O–H groups in total. The molecule has 0 unspecified atom stereocenters. The molecule has 1 amide bonds.